The quantitative estimate of drug-likeness (QED) is 0.283. The van der Waals surface area contributed by atoms with Crippen LogP contribution < -0.4 is 5.56 Å². The van der Waals surface area contributed by atoms with E-state index < -0.39 is 0 Å². The zero-order valence-corrected chi connectivity index (χ0v) is 15.3. The van der Waals surface area contributed by atoms with E-state index in [2.05, 4.69) is 51.4 Å². The van der Waals surface area contributed by atoms with Crippen LogP contribution >= 0.6 is 0 Å². The Morgan fingerprint density at radius 3 is 1.34 bits per heavy atom. The van der Waals surface area contributed by atoms with E-state index in [0.717, 1.165) is 54.5 Å². The molecule has 0 bridgehead atoms. The highest BCUT2D eigenvalue weighted by molar-refractivity contribution is 6.38. The third-order valence-electron chi connectivity index (χ3n) is 6.08. The average Bonchev–Trinajstić information content (AvgIpc) is 3.31. The molecule has 4 aromatic carbocycles. The van der Waals surface area contributed by atoms with Crippen LogP contribution in [0.5, 0.6) is 0 Å². The van der Waals surface area contributed by atoms with Gasteiger partial charge in [-0.05, 0) is 18.2 Å². The standard InChI is InChI=1S/C25H15N3O/c29-25-22-21(15-9-3-6-12-18(15)28-25)23-19(13-7-1-4-10-16(13)26-23)20-14-8-2-5-11-17(14)27-24(20)22/h1-12,26-27H,(H,28,29). The summed E-state index contributed by atoms with van der Waals surface area (Å²) >= 11 is 0. The molecule has 7 rings (SSSR count). The van der Waals surface area contributed by atoms with Crippen LogP contribution in [0.15, 0.2) is 77.6 Å². The number of para-hydroxylation sites is 3. The molecule has 0 saturated carbocycles. The molecule has 4 heteroatoms. The van der Waals surface area contributed by atoms with Crippen molar-refractivity contribution in [3.63, 3.8) is 0 Å². The fourth-order valence-corrected chi connectivity index (χ4v) is 4.92. The molecule has 136 valence electrons. The predicted octanol–water partition coefficient (Wildman–Crippen LogP) is 5.95. The van der Waals surface area contributed by atoms with Crippen molar-refractivity contribution in [2.24, 2.45) is 0 Å². The second-order valence-corrected chi connectivity index (χ2v) is 7.59. The van der Waals surface area contributed by atoms with E-state index >= 15 is 0 Å². The first kappa shape index (κ1) is 14.9. The molecule has 0 spiro atoms. The molecule has 0 aliphatic heterocycles. The normalized spacial score (nSPS) is 12.3. The Morgan fingerprint density at radius 2 is 0.828 bits per heavy atom. The van der Waals surface area contributed by atoms with Crippen molar-refractivity contribution < 1.29 is 0 Å². The summed E-state index contributed by atoms with van der Waals surface area (Å²) in [5, 5.41) is 7.27. The molecule has 3 aromatic heterocycles. The molecule has 7 aromatic rings. The summed E-state index contributed by atoms with van der Waals surface area (Å²) in [7, 11) is 0. The van der Waals surface area contributed by atoms with Gasteiger partial charge in [-0.25, -0.2) is 0 Å². The summed E-state index contributed by atoms with van der Waals surface area (Å²) in [6.45, 7) is 0. The molecule has 29 heavy (non-hydrogen) atoms. The van der Waals surface area contributed by atoms with E-state index in [9.17, 15) is 4.79 Å². The third-order valence-corrected chi connectivity index (χ3v) is 6.08. The van der Waals surface area contributed by atoms with Crippen molar-refractivity contribution in [2.75, 3.05) is 0 Å². The molecular formula is C25H15N3O. The van der Waals surface area contributed by atoms with Gasteiger partial charge in [0.25, 0.3) is 5.56 Å². The van der Waals surface area contributed by atoms with Crippen LogP contribution in [0.25, 0.3) is 65.3 Å². The molecule has 0 aliphatic rings. The molecule has 0 saturated heterocycles. The molecule has 4 nitrogen and oxygen atoms in total. The van der Waals surface area contributed by atoms with Crippen LogP contribution in [-0.2, 0) is 0 Å². The maximum Gasteiger partial charge on any atom is 0.258 e. The van der Waals surface area contributed by atoms with Crippen molar-refractivity contribution in [3.05, 3.63) is 83.2 Å². The smallest absolute Gasteiger partial charge is 0.258 e. The van der Waals surface area contributed by atoms with Crippen molar-refractivity contribution in [1.29, 1.82) is 0 Å². The zero-order valence-electron chi connectivity index (χ0n) is 15.3. The topological polar surface area (TPSA) is 64.4 Å². The van der Waals surface area contributed by atoms with E-state index in [0.29, 0.717) is 5.39 Å². The molecule has 0 fully saturated rings. The third kappa shape index (κ3) is 1.76. The molecule has 3 heterocycles. The van der Waals surface area contributed by atoms with Crippen LogP contribution in [0, 0.1) is 0 Å². The van der Waals surface area contributed by atoms with Gasteiger partial charge in [0.1, 0.15) is 0 Å². The van der Waals surface area contributed by atoms with Gasteiger partial charge in [0.15, 0.2) is 0 Å². The molecule has 0 atom stereocenters. The van der Waals surface area contributed by atoms with Gasteiger partial charge in [0.2, 0.25) is 0 Å². The van der Waals surface area contributed by atoms with Gasteiger partial charge in [-0.2, -0.15) is 0 Å². The van der Waals surface area contributed by atoms with Crippen molar-refractivity contribution >= 4 is 65.3 Å². The van der Waals surface area contributed by atoms with E-state index in [1.807, 2.05) is 36.4 Å². The lowest BCUT2D eigenvalue weighted by Gasteiger charge is -2.07. The summed E-state index contributed by atoms with van der Waals surface area (Å²) < 4.78 is 0. The van der Waals surface area contributed by atoms with Crippen LogP contribution in [0.1, 0.15) is 0 Å². The second kappa shape index (κ2) is 5.06. The van der Waals surface area contributed by atoms with Crippen LogP contribution in [-0.4, -0.2) is 15.0 Å². The fourth-order valence-electron chi connectivity index (χ4n) is 4.92. The minimum absolute atomic E-state index is 0.0733. The number of H-pyrrole nitrogens is 3. The molecule has 0 aliphatic carbocycles. The van der Waals surface area contributed by atoms with Crippen LogP contribution in [0.2, 0.25) is 0 Å². The van der Waals surface area contributed by atoms with Crippen LogP contribution in [0.3, 0.4) is 0 Å². The number of fused-ring (bicyclic) bond motifs is 12. The number of aromatic nitrogens is 3. The SMILES string of the molecule is O=c1[nH]c2ccccc2c2c3[nH]c4ccccc4c3c3c4ccccc4[nH]c3c12. The average molecular weight is 373 g/mol. The van der Waals surface area contributed by atoms with E-state index in [1.54, 1.807) is 0 Å². The second-order valence-electron chi connectivity index (χ2n) is 7.59. The molecule has 0 amide bonds. The largest absolute Gasteiger partial charge is 0.354 e. The summed E-state index contributed by atoms with van der Waals surface area (Å²) in [6, 6.07) is 24.6. The fraction of sp³-hybridized carbons (Fsp3) is 0. The molecule has 3 N–H and O–H groups in total. The first-order valence-electron chi connectivity index (χ1n) is 9.69. The minimum atomic E-state index is -0.0733. The van der Waals surface area contributed by atoms with Crippen LogP contribution in [0.4, 0.5) is 0 Å². The molecule has 0 radical (unpaired) electrons. The lowest BCUT2D eigenvalue weighted by molar-refractivity contribution is 1.35. The highest BCUT2D eigenvalue weighted by Gasteiger charge is 2.20. The number of benzene rings is 4. The number of nitrogens with one attached hydrogen (secondary N) is 3. The Labute approximate surface area is 163 Å². The highest BCUT2D eigenvalue weighted by Crippen LogP contribution is 2.42. The van der Waals surface area contributed by atoms with Crippen molar-refractivity contribution in [3.8, 4) is 0 Å². The van der Waals surface area contributed by atoms with E-state index in [1.165, 1.54) is 5.39 Å². The van der Waals surface area contributed by atoms with Gasteiger partial charge in [0, 0.05) is 48.9 Å². The Hall–Kier alpha value is -4.05. The first-order chi connectivity index (χ1) is 14.3. The lowest BCUT2D eigenvalue weighted by atomic mass is 9.98. The lowest BCUT2D eigenvalue weighted by Crippen LogP contribution is -2.07. The monoisotopic (exact) mass is 373 g/mol. The van der Waals surface area contributed by atoms with E-state index in [4.69, 9.17) is 0 Å². The summed E-state index contributed by atoms with van der Waals surface area (Å²) in [4.78, 5) is 23.5. The zero-order chi connectivity index (χ0) is 19.1. The summed E-state index contributed by atoms with van der Waals surface area (Å²) in [5.41, 5.74) is 4.79. The number of aromatic amines is 3. The molecule has 0 unspecified atom stereocenters. The van der Waals surface area contributed by atoms with Gasteiger partial charge in [0.05, 0.1) is 16.4 Å². The summed E-state index contributed by atoms with van der Waals surface area (Å²) in [5.74, 6) is 0. The van der Waals surface area contributed by atoms with Crippen molar-refractivity contribution in [1.82, 2.24) is 15.0 Å². The summed E-state index contributed by atoms with van der Waals surface area (Å²) in [6.07, 6.45) is 0. The number of hydrogen-bond acceptors (Lipinski definition) is 1. The Bertz CT molecular complexity index is 1830. The predicted molar refractivity (Wildman–Crippen MR) is 121 cm³/mol. The van der Waals surface area contributed by atoms with Gasteiger partial charge in [-0.3, -0.25) is 4.79 Å². The Morgan fingerprint density at radius 1 is 0.448 bits per heavy atom. The highest BCUT2D eigenvalue weighted by atomic mass is 16.1. The Kier molecular flexibility index (Phi) is 2.60. The minimum Gasteiger partial charge on any atom is -0.354 e. The van der Waals surface area contributed by atoms with Gasteiger partial charge in [-0.1, -0.05) is 54.6 Å². The Balaban J connectivity index is 1.98. The maximum atomic E-state index is 13.3. The number of pyridine rings is 1. The molecular weight excluding hydrogens is 358 g/mol. The van der Waals surface area contributed by atoms with Gasteiger partial charge in [-0.15, -0.1) is 0 Å². The first-order valence-corrected chi connectivity index (χ1v) is 9.69. The van der Waals surface area contributed by atoms with E-state index in [-0.39, 0.29) is 5.56 Å². The van der Waals surface area contributed by atoms with Gasteiger partial charge < -0.3 is 15.0 Å². The number of rotatable bonds is 0. The number of hydrogen-bond donors (Lipinski definition) is 3. The maximum absolute atomic E-state index is 13.3. The van der Waals surface area contributed by atoms with Gasteiger partial charge >= 0.3 is 0 Å². The van der Waals surface area contributed by atoms with Crippen molar-refractivity contribution in [2.45, 2.75) is 0 Å².